The van der Waals surface area contributed by atoms with E-state index < -0.39 is 0 Å². The first kappa shape index (κ1) is 12.2. The summed E-state index contributed by atoms with van der Waals surface area (Å²) >= 11 is 0. The number of likely N-dealkylation sites (tertiary alicyclic amines) is 1. The van der Waals surface area contributed by atoms with Crippen molar-refractivity contribution in [3.63, 3.8) is 0 Å². The van der Waals surface area contributed by atoms with Gasteiger partial charge in [0.05, 0.1) is 6.10 Å². The van der Waals surface area contributed by atoms with Crippen molar-refractivity contribution in [2.75, 3.05) is 7.05 Å². The van der Waals surface area contributed by atoms with Crippen molar-refractivity contribution in [3.05, 3.63) is 35.4 Å². The lowest BCUT2D eigenvalue weighted by Crippen LogP contribution is -2.36. The lowest BCUT2D eigenvalue weighted by molar-refractivity contribution is 0.0709. The lowest BCUT2D eigenvalue weighted by Gasteiger charge is -2.29. The Hall–Kier alpha value is -0.860. The molecule has 0 amide bonds. The van der Waals surface area contributed by atoms with Crippen molar-refractivity contribution >= 4 is 0 Å². The summed E-state index contributed by atoms with van der Waals surface area (Å²) in [6.45, 7) is 2.09. The number of aliphatic hydroxyl groups is 1. The largest absolute Gasteiger partial charge is 0.387 e. The normalized spacial score (nSPS) is 33.6. The molecule has 0 bridgehead atoms. The first-order valence-electron chi connectivity index (χ1n) is 7.13. The molecule has 0 radical (unpaired) electrons. The van der Waals surface area contributed by atoms with Crippen LogP contribution in [0.1, 0.15) is 42.9 Å². The van der Waals surface area contributed by atoms with Gasteiger partial charge in [-0.25, -0.2) is 0 Å². The standard InChI is InChI=1S/C16H23NO/c1-11-6-8-12(9-7-11)16(18)15-10-13-4-3-5-14(13)17(15)2/h6-9,13-16,18H,3-5,10H2,1-2H3/t13-,14-,15+,16+/m1/s1. The van der Waals surface area contributed by atoms with E-state index in [0.29, 0.717) is 6.04 Å². The van der Waals surface area contributed by atoms with Crippen LogP contribution in [0.15, 0.2) is 24.3 Å². The smallest absolute Gasteiger partial charge is 0.0945 e. The van der Waals surface area contributed by atoms with E-state index in [1.54, 1.807) is 0 Å². The van der Waals surface area contributed by atoms with Crippen LogP contribution in [0, 0.1) is 12.8 Å². The van der Waals surface area contributed by atoms with Crippen molar-refractivity contribution in [1.82, 2.24) is 4.90 Å². The third-order valence-electron chi connectivity index (χ3n) is 4.99. The first-order valence-corrected chi connectivity index (χ1v) is 7.13. The zero-order chi connectivity index (χ0) is 12.7. The van der Waals surface area contributed by atoms with Gasteiger partial charge in [-0.15, -0.1) is 0 Å². The second-order valence-electron chi connectivity index (χ2n) is 6.08. The van der Waals surface area contributed by atoms with E-state index in [-0.39, 0.29) is 6.10 Å². The average Bonchev–Trinajstić information content (AvgIpc) is 2.93. The molecule has 0 spiro atoms. The Morgan fingerprint density at radius 3 is 2.61 bits per heavy atom. The predicted octanol–water partition coefficient (Wildman–Crippen LogP) is 2.90. The molecule has 0 aromatic heterocycles. The SMILES string of the molecule is Cc1ccc([C@H](O)[C@@H]2C[C@H]3CCC[C@H]3N2C)cc1. The lowest BCUT2D eigenvalue weighted by atomic mass is 9.95. The summed E-state index contributed by atoms with van der Waals surface area (Å²) in [4.78, 5) is 2.43. The maximum atomic E-state index is 10.6. The summed E-state index contributed by atoms with van der Waals surface area (Å²) in [7, 11) is 2.19. The predicted molar refractivity (Wildman–Crippen MR) is 73.4 cm³/mol. The molecule has 1 aliphatic heterocycles. The highest BCUT2D eigenvalue weighted by Crippen LogP contribution is 2.43. The van der Waals surface area contributed by atoms with Gasteiger partial charge < -0.3 is 5.11 Å². The van der Waals surface area contributed by atoms with Crippen LogP contribution >= 0.6 is 0 Å². The number of hydrogen-bond donors (Lipinski definition) is 1. The number of hydrogen-bond acceptors (Lipinski definition) is 2. The molecule has 2 nitrogen and oxygen atoms in total. The minimum atomic E-state index is -0.332. The molecule has 1 aromatic rings. The maximum absolute atomic E-state index is 10.6. The Kier molecular flexibility index (Phi) is 3.16. The Morgan fingerprint density at radius 2 is 1.94 bits per heavy atom. The van der Waals surface area contributed by atoms with Gasteiger partial charge >= 0.3 is 0 Å². The molecular formula is C16H23NO. The molecule has 2 aliphatic rings. The van der Waals surface area contributed by atoms with Gasteiger partial charge in [0.15, 0.2) is 0 Å². The van der Waals surface area contributed by atoms with Crippen molar-refractivity contribution in [2.24, 2.45) is 5.92 Å². The first-order chi connectivity index (χ1) is 8.66. The Balaban J connectivity index is 1.77. The summed E-state index contributed by atoms with van der Waals surface area (Å²) in [5, 5.41) is 10.6. The van der Waals surface area contributed by atoms with Gasteiger partial charge in [0.2, 0.25) is 0 Å². The Bertz CT molecular complexity index is 414. The third-order valence-corrected chi connectivity index (χ3v) is 4.99. The molecule has 1 saturated carbocycles. The highest BCUT2D eigenvalue weighted by Gasteiger charge is 2.44. The van der Waals surface area contributed by atoms with Crippen LogP contribution in [0.3, 0.4) is 0 Å². The summed E-state index contributed by atoms with van der Waals surface area (Å²) in [6.07, 6.45) is 4.87. The van der Waals surface area contributed by atoms with Crippen molar-refractivity contribution < 1.29 is 5.11 Å². The van der Waals surface area contributed by atoms with E-state index >= 15 is 0 Å². The molecule has 1 saturated heterocycles. The van der Waals surface area contributed by atoms with E-state index in [1.807, 2.05) is 0 Å². The zero-order valence-corrected chi connectivity index (χ0v) is 11.3. The Morgan fingerprint density at radius 1 is 1.22 bits per heavy atom. The number of aliphatic hydroxyl groups excluding tert-OH is 1. The number of nitrogens with zero attached hydrogens (tertiary/aromatic N) is 1. The molecule has 1 heterocycles. The maximum Gasteiger partial charge on any atom is 0.0945 e. The molecule has 2 heteroatoms. The topological polar surface area (TPSA) is 23.5 Å². The molecule has 2 fully saturated rings. The quantitative estimate of drug-likeness (QED) is 0.866. The molecule has 4 atom stereocenters. The molecular weight excluding hydrogens is 222 g/mol. The molecule has 0 unspecified atom stereocenters. The van der Waals surface area contributed by atoms with Crippen molar-refractivity contribution in [1.29, 1.82) is 0 Å². The number of likely N-dealkylation sites (N-methyl/N-ethyl adjacent to an activating group) is 1. The summed E-state index contributed by atoms with van der Waals surface area (Å²) in [5.74, 6) is 0.820. The highest BCUT2D eigenvalue weighted by molar-refractivity contribution is 5.24. The second kappa shape index (κ2) is 4.67. The molecule has 18 heavy (non-hydrogen) atoms. The van der Waals surface area contributed by atoms with Gasteiger partial charge in [-0.3, -0.25) is 4.90 Å². The Labute approximate surface area is 110 Å². The van der Waals surface area contributed by atoms with Gasteiger partial charge in [-0.05, 0) is 44.7 Å². The van der Waals surface area contributed by atoms with Gasteiger partial charge in [0.25, 0.3) is 0 Å². The minimum Gasteiger partial charge on any atom is -0.387 e. The molecule has 1 N–H and O–H groups in total. The van der Waals surface area contributed by atoms with E-state index in [1.165, 1.54) is 24.8 Å². The van der Waals surface area contributed by atoms with Crippen LogP contribution in [0.4, 0.5) is 0 Å². The van der Waals surface area contributed by atoms with Crippen LogP contribution in [0.5, 0.6) is 0 Å². The molecule has 3 rings (SSSR count). The van der Waals surface area contributed by atoms with E-state index in [2.05, 4.69) is 43.1 Å². The fraction of sp³-hybridized carbons (Fsp3) is 0.625. The minimum absolute atomic E-state index is 0.308. The second-order valence-corrected chi connectivity index (χ2v) is 6.08. The van der Waals surface area contributed by atoms with Crippen LogP contribution in [0.25, 0.3) is 0 Å². The van der Waals surface area contributed by atoms with Crippen LogP contribution in [-0.4, -0.2) is 29.1 Å². The summed E-state index contributed by atoms with van der Waals surface area (Å²) < 4.78 is 0. The van der Waals surface area contributed by atoms with Crippen LogP contribution in [0.2, 0.25) is 0 Å². The number of fused-ring (bicyclic) bond motifs is 1. The van der Waals surface area contributed by atoms with E-state index in [0.717, 1.165) is 23.9 Å². The number of rotatable bonds is 2. The third kappa shape index (κ3) is 1.98. The van der Waals surface area contributed by atoms with Crippen LogP contribution < -0.4 is 0 Å². The van der Waals surface area contributed by atoms with Gasteiger partial charge in [-0.2, -0.15) is 0 Å². The van der Waals surface area contributed by atoms with Gasteiger partial charge in [-0.1, -0.05) is 36.2 Å². The fourth-order valence-electron chi connectivity index (χ4n) is 3.89. The van der Waals surface area contributed by atoms with Crippen LogP contribution in [-0.2, 0) is 0 Å². The average molecular weight is 245 g/mol. The summed E-state index contributed by atoms with van der Waals surface area (Å²) in [6, 6.07) is 9.35. The molecule has 1 aliphatic carbocycles. The number of benzene rings is 1. The van der Waals surface area contributed by atoms with Gasteiger partial charge in [0.1, 0.15) is 0 Å². The van der Waals surface area contributed by atoms with Crippen molar-refractivity contribution in [2.45, 2.75) is 50.8 Å². The highest BCUT2D eigenvalue weighted by atomic mass is 16.3. The van der Waals surface area contributed by atoms with Gasteiger partial charge in [0, 0.05) is 12.1 Å². The number of aryl methyl sites for hydroxylation is 1. The monoisotopic (exact) mass is 245 g/mol. The van der Waals surface area contributed by atoms with E-state index in [9.17, 15) is 5.11 Å². The molecule has 1 aromatic carbocycles. The summed E-state index contributed by atoms with van der Waals surface area (Å²) in [5.41, 5.74) is 2.32. The van der Waals surface area contributed by atoms with E-state index in [4.69, 9.17) is 0 Å². The molecule has 98 valence electrons. The van der Waals surface area contributed by atoms with Crippen molar-refractivity contribution in [3.8, 4) is 0 Å². The fourth-order valence-corrected chi connectivity index (χ4v) is 3.89. The zero-order valence-electron chi connectivity index (χ0n) is 11.3.